The highest BCUT2D eigenvalue weighted by atomic mass is 32.2. The summed E-state index contributed by atoms with van der Waals surface area (Å²) in [7, 11) is 0. The van der Waals surface area contributed by atoms with Crippen molar-refractivity contribution in [1.82, 2.24) is 4.90 Å². The first-order valence-corrected chi connectivity index (χ1v) is 8.86. The van der Waals surface area contributed by atoms with Crippen molar-refractivity contribution < 1.29 is 9.59 Å². The van der Waals surface area contributed by atoms with Crippen molar-refractivity contribution in [3.05, 3.63) is 24.3 Å². The highest BCUT2D eigenvalue weighted by Crippen LogP contribution is 2.27. The van der Waals surface area contributed by atoms with E-state index in [0.717, 1.165) is 42.4 Å². The molecule has 0 aliphatic carbocycles. The van der Waals surface area contributed by atoms with E-state index in [-0.39, 0.29) is 18.0 Å². The van der Waals surface area contributed by atoms with Gasteiger partial charge < -0.3 is 15.1 Å². The minimum Gasteiger partial charge on any atom is -0.323 e. The Morgan fingerprint density at radius 1 is 1.23 bits per heavy atom. The third-order valence-electron chi connectivity index (χ3n) is 4.18. The second-order valence-corrected chi connectivity index (χ2v) is 6.95. The number of benzene rings is 1. The predicted octanol–water partition coefficient (Wildman–Crippen LogP) is 2.78. The van der Waals surface area contributed by atoms with E-state index in [9.17, 15) is 9.59 Å². The summed E-state index contributed by atoms with van der Waals surface area (Å²) >= 11 is 1.88. The van der Waals surface area contributed by atoms with Crippen LogP contribution in [0.5, 0.6) is 0 Å². The molecule has 3 rings (SSSR count). The highest BCUT2D eigenvalue weighted by molar-refractivity contribution is 7.99. The second kappa shape index (κ2) is 6.60. The summed E-state index contributed by atoms with van der Waals surface area (Å²) in [5.41, 5.74) is 1.67. The molecule has 0 radical (unpaired) electrons. The van der Waals surface area contributed by atoms with E-state index in [1.54, 1.807) is 0 Å². The van der Waals surface area contributed by atoms with Crippen molar-refractivity contribution in [3.63, 3.8) is 0 Å². The lowest BCUT2D eigenvalue weighted by Gasteiger charge is -2.26. The van der Waals surface area contributed by atoms with Crippen LogP contribution in [0.2, 0.25) is 0 Å². The van der Waals surface area contributed by atoms with Gasteiger partial charge in [0.05, 0.1) is 0 Å². The van der Waals surface area contributed by atoms with E-state index in [0.29, 0.717) is 6.42 Å². The number of thioether (sulfide) groups is 1. The third-order valence-corrected chi connectivity index (χ3v) is 5.12. The van der Waals surface area contributed by atoms with Gasteiger partial charge in [0, 0.05) is 48.4 Å². The number of carbonyl (C=O) groups excluding carboxylic acids is 2. The minimum absolute atomic E-state index is 0.0429. The normalized spacial score (nSPS) is 22.0. The Balaban J connectivity index is 1.64. The minimum atomic E-state index is -0.0429. The molecule has 1 aromatic rings. The van der Waals surface area contributed by atoms with Crippen molar-refractivity contribution in [2.75, 3.05) is 34.8 Å². The monoisotopic (exact) mass is 319 g/mol. The summed E-state index contributed by atoms with van der Waals surface area (Å²) in [4.78, 5) is 27.7. The second-order valence-electron chi connectivity index (χ2n) is 5.73. The molecule has 0 unspecified atom stereocenters. The Morgan fingerprint density at radius 3 is 2.50 bits per heavy atom. The average Bonchev–Trinajstić information content (AvgIpc) is 2.88. The fraction of sp³-hybridized carbons (Fsp3) is 0.500. The fourth-order valence-corrected chi connectivity index (χ4v) is 3.80. The van der Waals surface area contributed by atoms with E-state index in [4.69, 9.17) is 0 Å². The van der Waals surface area contributed by atoms with Crippen LogP contribution >= 0.6 is 11.8 Å². The van der Waals surface area contributed by atoms with Gasteiger partial charge in [-0.2, -0.15) is 11.8 Å². The number of nitrogens with one attached hydrogen (secondary N) is 1. The number of hydrogen-bond donors (Lipinski definition) is 1. The number of nitrogens with zero attached hydrogens (tertiary/aromatic N) is 2. The van der Waals surface area contributed by atoms with Crippen LogP contribution in [-0.2, 0) is 4.79 Å². The summed E-state index contributed by atoms with van der Waals surface area (Å²) in [6, 6.07) is 7.74. The Kier molecular flexibility index (Phi) is 4.57. The largest absolute Gasteiger partial charge is 0.323 e. The van der Waals surface area contributed by atoms with Crippen LogP contribution in [0.1, 0.15) is 19.8 Å². The summed E-state index contributed by atoms with van der Waals surface area (Å²) < 4.78 is 0. The SMILES string of the molecule is C[C@H]1CCC(=O)N1c1ccc(NC(=O)N2CCSCC2)cc1. The summed E-state index contributed by atoms with van der Waals surface area (Å²) in [5, 5.41) is 2.93. The van der Waals surface area contributed by atoms with Crippen LogP contribution in [0.15, 0.2) is 24.3 Å². The molecular weight excluding hydrogens is 298 g/mol. The first-order chi connectivity index (χ1) is 10.6. The molecule has 3 amide bonds. The van der Waals surface area contributed by atoms with E-state index in [1.165, 1.54) is 0 Å². The van der Waals surface area contributed by atoms with Crippen LogP contribution in [-0.4, -0.2) is 47.5 Å². The van der Waals surface area contributed by atoms with Crippen molar-refractivity contribution >= 4 is 35.1 Å². The average molecular weight is 319 g/mol. The molecule has 2 aliphatic heterocycles. The molecular formula is C16H21N3O2S. The number of rotatable bonds is 2. The quantitative estimate of drug-likeness (QED) is 0.912. The summed E-state index contributed by atoms with van der Waals surface area (Å²) in [6.07, 6.45) is 1.52. The van der Waals surface area contributed by atoms with Gasteiger partial charge in [-0.05, 0) is 37.6 Å². The van der Waals surface area contributed by atoms with Crippen molar-refractivity contribution in [3.8, 4) is 0 Å². The van der Waals surface area contributed by atoms with Gasteiger partial charge in [0.15, 0.2) is 0 Å². The number of anilines is 2. The molecule has 0 saturated carbocycles. The molecule has 0 aromatic heterocycles. The lowest BCUT2D eigenvalue weighted by atomic mass is 10.2. The third kappa shape index (κ3) is 3.21. The smallest absolute Gasteiger partial charge is 0.321 e. The van der Waals surface area contributed by atoms with Crippen LogP contribution < -0.4 is 10.2 Å². The lowest BCUT2D eigenvalue weighted by Crippen LogP contribution is -2.40. The first kappa shape index (κ1) is 15.2. The van der Waals surface area contributed by atoms with Crippen LogP contribution in [0, 0.1) is 0 Å². The zero-order chi connectivity index (χ0) is 15.5. The van der Waals surface area contributed by atoms with Gasteiger partial charge >= 0.3 is 6.03 Å². The number of hydrogen-bond acceptors (Lipinski definition) is 3. The van der Waals surface area contributed by atoms with Crippen molar-refractivity contribution in [2.24, 2.45) is 0 Å². The fourth-order valence-electron chi connectivity index (χ4n) is 2.90. The Hall–Kier alpha value is -1.69. The topological polar surface area (TPSA) is 52.7 Å². The molecule has 5 nitrogen and oxygen atoms in total. The molecule has 1 aromatic carbocycles. The molecule has 0 spiro atoms. The van der Waals surface area contributed by atoms with E-state index >= 15 is 0 Å². The summed E-state index contributed by atoms with van der Waals surface area (Å²) in [6.45, 7) is 3.66. The molecule has 118 valence electrons. The van der Waals surface area contributed by atoms with Crippen LogP contribution in [0.3, 0.4) is 0 Å². The molecule has 2 fully saturated rings. The Bertz CT molecular complexity index is 555. The van der Waals surface area contributed by atoms with Crippen molar-refractivity contribution in [2.45, 2.75) is 25.8 Å². The van der Waals surface area contributed by atoms with Gasteiger partial charge in [-0.25, -0.2) is 4.79 Å². The van der Waals surface area contributed by atoms with Gasteiger partial charge in [-0.1, -0.05) is 0 Å². The molecule has 2 saturated heterocycles. The van der Waals surface area contributed by atoms with E-state index in [1.807, 2.05) is 45.8 Å². The van der Waals surface area contributed by atoms with Gasteiger partial charge in [0.1, 0.15) is 0 Å². The maximum Gasteiger partial charge on any atom is 0.321 e. The molecule has 22 heavy (non-hydrogen) atoms. The molecule has 0 bridgehead atoms. The predicted molar refractivity (Wildman–Crippen MR) is 90.5 cm³/mol. The zero-order valence-corrected chi connectivity index (χ0v) is 13.6. The summed E-state index contributed by atoms with van der Waals surface area (Å²) in [5.74, 6) is 2.18. The first-order valence-electron chi connectivity index (χ1n) is 7.71. The van der Waals surface area contributed by atoms with Gasteiger partial charge in [0.2, 0.25) is 5.91 Å². The molecule has 1 atom stereocenters. The number of amides is 3. The maximum atomic E-state index is 12.2. The van der Waals surface area contributed by atoms with Crippen LogP contribution in [0.25, 0.3) is 0 Å². The standard InChI is InChI=1S/C16H21N3O2S/c1-12-2-7-15(20)19(12)14-5-3-13(4-6-14)17-16(21)18-8-10-22-11-9-18/h3-6,12H,2,7-11H2,1H3,(H,17,21)/t12-/m0/s1. The van der Waals surface area contributed by atoms with Gasteiger partial charge in [-0.15, -0.1) is 0 Å². The maximum absolute atomic E-state index is 12.2. The highest BCUT2D eigenvalue weighted by Gasteiger charge is 2.28. The van der Waals surface area contributed by atoms with Gasteiger partial charge in [-0.3, -0.25) is 4.79 Å². The lowest BCUT2D eigenvalue weighted by molar-refractivity contribution is -0.117. The Labute approximate surface area is 135 Å². The molecule has 2 aliphatic rings. The van der Waals surface area contributed by atoms with Gasteiger partial charge in [0.25, 0.3) is 0 Å². The van der Waals surface area contributed by atoms with E-state index in [2.05, 4.69) is 12.2 Å². The number of carbonyl (C=O) groups is 2. The van der Waals surface area contributed by atoms with E-state index < -0.39 is 0 Å². The zero-order valence-electron chi connectivity index (χ0n) is 12.7. The molecule has 2 heterocycles. The Morgan fingerprint density at radius 2 is 1.91 bits per heavy atom. The molecule has 6 heteroatoms. The van der Waals surface area contributed by atoms with Crippen LogP contribution in [0.4, 0.5) is 16.2 Å². The molecule has 1 N–H and O–H groups in total. The number of urea groups is 1. The van der Waals surface area contributed by atoms with Crippen molar-refractivity contribution in [1.29, 1.82) is 0 Å².